The second-order valence-corrected chi connectivity index (χ2v) is 6.95. The van der Waals surface area contributed by atoms with Crippen LogP contribution in [0.3, 0.4) is 0 Å². The first-order valence-electron chi connectivity index (χ1n) is 7.66. The molecule has 1 atom stereocenters. The summed E-state index contributed by atoms with van der Waals surface area (Å²) in [6.45, 7) is 5.57. The van der Waals surface area contributed by atoms with E-state index in [0.29, 0.717) is 22.9 Å². The van der Waals surface area contributed by atoms with Gasteiger partial charge in [-0.2, -0.15) is 0 Å². The normalized spacial score (nSPS) is 21.0. The van der Waals surface area contributed by atoms with Gasteiger partial charge in [0.1, 0.15) is 5.54 Å². The maximum absolute atomic E-state index is 12.5. The van der Waals surface area contributed by atoms with Crippen molar-refractivity contribution < 1.29 is 14.4 Å². The van der Waals surface area contributed by atoms with Crippen LogP contribution < -0.4 is 5.32 Å². The number of nitrogens with one attached hydrogen (secondary N) is 1. The number of rotatable bonds is 6. The number of urea groups is 1. The van der Waals surface area contributed by atoms with Gasteiger partial charge in [-0.05, 0) is 49.9 Å². The number of ketones is 1. The Kier molecular flexibility index (Phi) is 5.09. The molecule has 0 spiro atoms. The van der Waals surface area contributed by atoms with Crippen LogP contribution in [0.1, 0.15) is 44.0 Å². The molecule has 1 aromatic carbocycles. The number of imide groups is 1. The Hall–Kier alpha value is -1.88. The van der Waals surface area contributed by atoms with Gasteiger partial charge < -0.3 is 5.32 Å². The highest BCUT2D eigenvalue weighted by molar-refractivity contribution is 6.30. The molecular formula is C17H21ClN2O3. The number of hydrogen-bond donors (Lipinski definition) is 1. The van der Waals surface area contributed by atoms with Crippen molar-refractivity contribution in [3.8, 4) is 0 Å². The number of Topliss-reactive ketones (excluding diaryl/α,β-unsaturated/α-hetero) is 1. The molecule has 0 radical (unpaired) electrons. The van der Waals surface area contributed by atoms with Crippen LogP contribution >= 0.6 is 11.6 Å². The summed E-state index contributed by atoms with van der Waals surface area (Å²) in [5.41, 5.74) is -0.507. The Morgan fingerprint density at radius 2 is 1.87 bits per heavy atom. The van der Waals surface area contributed by atoms with Crippen molar-refractivity contribution in [2.24, 2.45) is 5.92 Å². The van der Waals surface area contributed by atoms with Crippen molar-refractivity contribution in [1.82, 2.24) is 10.2 Å². The minimum Gasteiger partial charge on any atom is -0.323 e. The van der Waals surface area contributed by atoms with Gasteiger partial charge in [-0.3, -0.25) is 14.5 Å². The monoisotopic (exact) mass is 336 g/mol. The number of benzene rings is 1. The predicted octanol–water partition coefficient (Wildman–Crippen LogP) is 3.27. The van der Waals surface area contributed by atoms with Gasteiger partial charge in [0.05, 0.1) is 6.54 Å². The van der Waals surface area contributed by atoms with Gasteiger partial charge in [0.15, 0.2) is 5.78 Å². The molecule has 0 aliphatic carbocycles. The summed E-state index contributed by atoms with van der Waals surface area (Å²) >= 11 is 5.79. The van der Waals surface area contributed by atoms with Crippen molar-refractivity contribution in [3.05, 3.63) is 34.9 Å². The summed E-state index contributed by atoms with van der Waals surface area (Å²) in [6, 6.07) is 5.87. The average Bonchev–Trinajstić information content (AvgIpc) is 2.70. The third kappa shape index (κ3) is 3.91. The smallest absolute Gasteiger partial charge is 0.323 e. The molecule has 0 aromatic heterocycles. The van der Waals surface area contributed by atoms with Crippen LogP contribution in [-0.4, -0.2) is 34.7 Å². The summed E-state index contributed by atoms with van der Waals surface area (Å²) in [6.07, 6.45) is 1.38. The number of amides is 3. The van der Waals surface area contributed by atoms with E-state index in [1.165, 1.54) is 0 Å². The second kappa shape index (κ2) is 6.71. The Morgan fingerprint density at radius 3 is 2.43 bits per heavy atom. The minimum absolute atomic E-state index is 0.260. The maximum atomic E-state index is 12.5. The lowest BCUT2D eigenvalue weighted by molar-refractivity contribution is -0.130. The van der Waals surface area contributed by atoms with Crippen molar-refractivity contribution in [2.75, 3.05) is 6.54 Å². The van der Waals surface area contributed by atoms with Gasteiger partial charge in [0.2, 0.25) is 0 Å². The fraction of sp³-hybridized carbons (Fsp3) is 0.471. The lowest BCUT2D eigenvalue weighted by atomic mass is 9.92. The first-order chi connectivity index (χ1) is 10.7. The fourth-order valence-electron chi connectivity index (χ4n) is 2.51. The topological polar surface area (TPSA) is 66.5 Å². The van der Waals surface area contributed by atoms with E-state index in [1.807, 2.05) is 0 Å². The molecule has 5 nitrogen and oxygen atoms in total. The molecule has 1 fully saturated rings. The molecule has 1 aliphatic heterocycles. The van der Waals surface area contributed by atoms with Crippen molar-refractivity contribution in [2.45, 2.75) is 39.2 Å². The van der Waals surface area contributed by atoms with Crippen LogP contribution in [0.2, 0.25) is 5.02 Å². The molecule has 1 heterocycles. The van der Waals surface area contributed by atoms with E-state index in [9.17, 15) is 14.4 Å². The third-order valence-electron chi connectivity index (χ3n) is 4.03. The summed E-state index contributed by atoms with van der Waals surface area (Å²) < 4.78 is 0. The molecule has 1 N–H and O–H groups in total. The molecule has 0 bridgehead atoms. The summed E-state index contributed by atoms with van der Waals surface area (Å²) in [5, 5.41) is 3.24. The molecule has 23 heavy (non-hydrogen) atoms. The van der Waals surface area contributed by atoms with Gasteiger partial charge in [-0.15, -0.1) is 0 Å². The SMILES string of the molecule is CC(C)CCC1(C)NC(=O)N(CC(=O)c2ccc(Cl)cc2)C1=O. The highest BCUT2D eigenvalue weighted by atomic mass is 35.5. The van der Waals surface area contributed by atoms with E-state index in [-0.39, 0.29) is 18.2 Å². The number of nitrogens with zero attached hydrogens (tertiary/aromatic N) is 1. The molecule has 1 unspecified atom stereocenters. The lowest BCUT2D eigenvalue weighted by Crippen LogP contribution is -2.44. The van der Waals surface area contributed by atoms with Crippen molar-refractivity contribution in [3.63, 3.8) is 0 Å². The predicted molar refractivity (Wildman–Crippen MR) is 88.5 cm³/mol. The Balaban J connectivity index is 2.08. The summed E-state index contributed by atoms with van der Waals surface area (Å²) in [4.78, 5) is 37.9. The van der Waals surface area contributed by atoms with Crippen LogP contribution in [0.15, 0.2) is 24.3 Å². The van der Waals surface area contributed by atoms with Gasteiger partial charge in [-0.25, -0.2) is 4.79 Å². The molecule has 1 saturated heterocycles. The van der Waals surface area contributed by atoms with Crippen molar-refractivity contribution in [1.29, 1.82) is 0 Å². The zero-order valence-corrected chi connectivity index (χ0v) is 14.3. The first kappa shape index (κ1) is 17.5. The molecule has 1 aromatic rings. The highest BCUT2D eigenvalue weighted by Crippen LogP contribution is 2.25. The molecule has 3 amide bonds. The molecule has 6 heteroatoms. The van der Waals surface area contributed by atoms with Crippen LogP contribution in [0.5, 0.6) is 0 Å². The third-order valence-corrected chi connectivity index (χ3v) is 4.29. The van der Waals surface area contributed by atoms with E-state index in [0.717, 1.165) is 11.3 Å². The van der Waals surface area contributed by atoms with E-state index in [4.69, 9.17) is 11.6 Å². The maximum Gasteiger partial charge on any atom is 0.325 e. The van der Waals surface area contributed by atoms with Crippen LogP contribution in [0, 0.1) is 5.92 Å². The summed E-state index contributed by atoms with van der Waals surface area (Å²) in [7, 11) is 0. The zero-order valence-electron chi connectivity index (χ0n) is 13.6. The van der Waals surface area contributed by atoms with Crippen LogP contribution in [0.25, 0.3) is 0 Å². The first-order valence-corrected chi connectivity index (χ1v) is 8.03. The summed E-state index contributed by atoms with van der Waals surface area (Å²) in [5.74, 6) is -0.204. The van der Waals surface area contributed by atoms with Crippen LogP contribution in [-0.2, 0) is 4.79 Å². The highest BCUT2D eigenvalue weighted by Gasteiger charge is 2.47. The number of hydrogen-bond acceptors (Lipinski definition) is 3. The fourth-order valence-corrected chi connectivity index (χ4v) is 2.63. The van der Waals surface area contributed by atoms with Crippen molar-refractivity contribution >= 4 is 29.3 Å². The number of carbonyl (C=O) groups is 3. The zero-order chi connectivity index (χ0) is 17.2. The molecule has 0 saturated carbocycles. The molecule has 1 aliphatic rings. The van der Waals surface area contributed by atoms with Gasteiger partial charge in [-0.1, -0.05) is 25.4 Å². The Labute approximate surface area is 141 Å². The quantitative estimate of drug-likeness (QED) is 0.640. The van der Waals surface area contributed by atoms with Gasteiger partial charge in [0.25, 0.3) is 5.91 Å². The average molecular weight is 337 g/mol. The van der Waals surface area contributed by atoms with E-state index >= 15 is 0 Å². The Morgan fingerprint density at radius 1 is 1.26 bits per heavy atom. The van der Waals surface area contributed by atoms with E-state index in [2.05, 4.69) is 19.2 Å². The number of halogens is 1. The second-order valence-electron chi connectivity index (χ2n) is 6.52. The Bertz CT molecular complexity index is 627. The van der Waals surface area contributed by atoms with Crippen LogP contribution in [0.4, 0.5) is 4.79 Å². The van der Waals surface area contributed by atoms with Gasteiger partial charge in [0, 0.05) is 10.6 Å². The largest absolute Gasteiger partial charge is 0.325 e. The minimum atomic E-state index is -0.929. The molecule has 2 rings (SSSR count). The lowest BCUT2D eigenvalue weighted by Gasteiger charge is -2.22. The number of carbonyl (C=O) groups excluding carboxylic acids is 3. The van der Waals surface area contributed by atoms with E-state index < -0.39 is 11.6 Å². The standard InChI is InChI=1S/C17H21ClN2O3/c1-11(2)8-9-17(3)15(22)20(16(23)19-17)10-14(21)12-4-6-13(18)7-5-12/h4-7,11H,8-10H2,1-3H3,(H,19,23). The van der Waals surface area contributed by atoms with E-state index in [1.54, 1.807) is 31.2 Å². The molecule has 124 valence electrons. The molecular weight excluding hydrogens is 316 g/mol. The van der Waals surface area contributed by atoms with Gasteiger partial charge >= 0.3 is 6.03 Å².